The van der Waals surface area contributed by atoms with Crippen LogP contribution in [-0.4, -0.2) is 32.4 Å². The largest absolute Gasteiger partial charge is 0.396 e. The smallest absolute Gasteiger partial charge is 0.225 e. The van der Waals surface area contributed by atoms with Gasteiger partial charge in [0, 0.05) is 30.9 Å². The summed E-state index contributed by atoms with van der Waals surface area (Å²) in [6, 6.07) is 4.28. The SMILES string of the molecule is CC(C)CC1CC(c2nnc([C@@H](CCO)CC(=O)Nc3ccc(F)cc3Cl)n2C2CC2)C1. The number of amides is 1. The number of aliphatic hydroxyl groups excluding tert-OH is 1. The van der Waals surface area contributed by atoms with Crippen molar-refractivity contribution in [3.05, 3.63) is 40.7 Å². The molecule has 2 aliphatic carbocycles. The molecule has 1 heterocycles. The van der Waals surface area contributed by atoms with Gasteiger partial charge in [-0.3, -0.25) is 4.79 Å². The van der Waals surface area contributed by atoms with Crippen LogP contribution in [0.4, 0.5) is 10.1 Å². The van der Waals surface area contributed by atoms with Gasteiger partial charge in [0.05, 0.1) is 10.7 Å². The summed E-state index contributed by atoms with van der Waals surface area (Å²) in [6.07, 6.45) is 6.33. The molecule has 0 saturated heterocycles. The lowest BCUT2D eigenvalue weighted by atomic mass is 9.71. The number of carbonyl (C=O) groups is 1. The minimum absolute atomic E-state index is 0.0397. The molecule has 8 heteroatoms. The molecule has 2 fully saturated rings. The molecule has 0 bridgehead atoms. The average Bonchev–Trinajstić information content (AvgIpc) is 3.45. The van der Waals surface area contributed by atoms with E-state index in [1.54, 1.807) is 0 Å². The lowest BCUT2D eigenvalue weighted by Crippen LogP contribution is -2.26. The highest BCUT2D eigenvalue weighted by atomic mass is 35.5. The molecule has 0 spiro atoms. The summed E-state index contributed by atoms with van der Waals surface area (Å²) in [5.41, 5.74) is 0.371. The molecule has 6 nitrogen and oxygen atoms in total. The average molecular weight is 463 g/mol. The maximum absolute atomic E-state index is 13.3. The Balaban J connectivity index is 1.48. The number of nitrogens with one attached hydrogen (secondary N) is 1. The van der Waals surface area contributed by atoms with Crippen molar-refractivity contribution in [3.8, 4) is 0 Å². The van der Waals surface area contributed by atoms with Crippen LogP contribution in [0.2, 0.25) is 5.02 Å². The number of hydrogen-bond donors (Lipinski definition) is 2. The van der Waals surface area contributed by atoms with Crippen molar-refractivity contribution < 1.29 is 14.3 Å². The fraction of sp³-hybridized carbons (Fsp3) is 0.625. The van der Waals surface area contributed by atoms with Gasteiger partial charge in [0.25, 0.3) is 0 Å². The van der Waals surface area contributed by atoms with Crippen LogP contribution in [0, 0.1) is 17.7 Å². The Hall–Kier alpha value is -1.99. The highest BCUT2D eigenvalue weighted by Crippen LogP contribution is 2.48. The molecule has 2 aliphatic rings. The van der Waals surface area contributed by atoms with E-state index in [4.69, 9.17) is 11.6 Å². The number of benzene rings is 1. The lowest BCUT2D eigenvalue weighted by Gasteiger charge is -2.36. The van der Waals surface area contributed by atoms with E-state index in [1.165, 1.54) is 24.6 Å². The molecule has 32 heavy (non-hydrogen) atoms. The van der Waals surface area contributed by atoms with E-state index in [0.29, 0.717) is 30.0 Å². The minimum Gasteiger partial charge on any atom is -0.396 e. The van der Waals surface area contributed by atoms with Crippen LogP contribution in [0.25, 0.3) is 0 Å². The van der Waals surface area contributed by atoms with Crippen LogP contribution in [0.15, 0.2) is 18.2 Å². The van der Waals surface area contributed by atoms with Gasteiger partial charge < -0.3 is 15.0 Å². The third kappa shape index (κ3) is 5.31. The number of halogens is 2. The van der Waals surface area contributed by atoms with E-state index in [1.807, 2.05) is 0 Å². The van der Waals surface area contributed by atoms with Gasteiger partial charge in [0.1, 0.15) is 17.5 Å². The van der Waals surface area contributed by atoms with Crippen LogP contribution in [0.5, 0.6) is 0 Å². The van der Waals surface area contributed by atoms with Crippen LogP contribution < -0.4 is 5.32 Å². The molecule has 174 valence electrons. The number of carbonyl (C=O) groups excluding carboxylic acids is 1. The molecule has 1 atom stereocenters. The first-order valence-electron chi connectivity index (χ1n) is 11.7. The Kier molecular flexibility index (Phi) is 7.15. The summed E-state index contributed by atoms with van der Waals surface area (Å²) in [7, 11) is 0. The Labute approximate surface area is 193 Å². The number of nitrogens with zero attached hydrogens (tertiary/aromatic N) is 3. The third-order valence-electron chi connectivity index (χ3n) is 6.55. The summed E-state index contributed by atoms with van der Waals surface area (Å²) in [5.74, 6) is 2.80. The summed E-state index contributed by atoms with van der Waals surface area (Å²) in [6.45, 7) is 4.49. The first-order chi connectivity index (χ1) is 15.4. The summed E-state index contributed by atoms with van der Waals surface area (Å²) < 4.78 is 15.5. The zero-order valence-corrected chi connectivity index (χ0v) is 19.5. The van der Waals surface area contributed by atoms with Gasteiger partial charge in [-0.15, -0.1) is 10.2 Å². The second-order valence-corrected chi connectivity index (χ2v) is 10.2. The molecule has 1 aromatic carbocycles. The van der Waals surface area contributed by atoms with E-state index < -0.39 is 5.82 Å². The quantitative estimate of drug-likeness (QED) is 0.492. The fourth-order valence-corrected chi connectivity index (χ4v) is 5.09. The maximum Gasteiger partial charge on any atom is 0.225 e. The maximum atomic E-state index is 13.3. The Morgan fingerprint density at radius 1 is 1.31 bits per heavy atom. The van der Waals surface area contributed by atoms with Crippen molar-refractivity contribution in [2.75, 3.05) is 11.9 Å². The van der Waals surface area contributed by atoms with Crippen molar-refractivity contribution in [3.63, 3.8) is 0 Å². The molecule has 0 unspecified atom stereocenters. The van der Waals surface area contributed by atoms with Crippen molar-refractivity contribution in [2.24, 2.45) is 11.8 Å². The van der Waals surface area contributed by atoms with Gasteiger partial charge in [0.2, 0.25) is 5.91 Å². The molecule has 2 saturated carbocycles. The summed E-state index contributed by atoms with van der Waals surface area (Å²) in [5, 5.41) is 21.7. The van der Waals surface area contributed by atoms with Crippen molar-refractivity contribution in [1.82, 2.24) is 14.8 Å². The second kappa shape index (κ2) is 9.87. The second-order valence-electron chi connectivity index (χ2n) is 9.77. The normalized spacial score (nSPS) is 21.4. The van der Waals surface area contributed by atoms with E-state index >= 15 is 0 Å². The lowest BCUT2D eigenvalue weighted by molar-refractivity contribution is -0.116. The Morgan fingerprint density at radius 2 is 2.06 bits per heavy atom. The molecule has 1 aromatic heterocycles. The standard InChI is InChI=1S/C24H32ClFN4O2/c1-14(2)9-15-10-17(11-15)24-29-28-23(30(24)19-4-5-19)16(7-8-31)12-22(32)27-21-6-3-18(26)13-20(21)25/h3,6,13-17,19,31H,4-5,7-12H2,1-2H3,(H,27,32)/t15?,16-,17?/m0/s1. The Morgan fingerprint density at radius 3 is 2.69 bits per heavy atom. The van der Waals surface area contributed by atoms with Gasteiger partial charge in [-0.25, -0.2) is 4.39 Å². The summed E-state index contributed by atoms with van der Waals surface area (Å²) >= 11 is 6.05. The number of aromatic nitrogens is 3. The number of rotatable bonds is 10. The van der Waals surface area contributed by atoms with Gasteiger partial charge in [-0.1, -0.05) is 25.4 Å². The first-order valence-corrected chi connectivity index (χ1v) is 12.0. The molecule has 1 amide bonds. The minimum atomic E-state index is -0.456. The summed E-state index contributed by atoms with van der Waals surface area (Å²) in [4.78, 5) is 12.8. The van der Waals surface area contributed by atoms with Crippen molar-refractivity contribution in [2.45, 2.75) is 76.7 Å². The number of hydrogen-bond acceptors (Lipinski definition) is 4. The number of anilines is 1. The van der Waals surface area contributed by atoms with Gasteiger partial charge in [-0.05, 0) is 68.6 Å². The third-order valence-corrected chi connectivity index (χ3v) is 6.86. The van der Waals surface area contributed by atoms with E-state index in [-0.39, 0.29) is 29.9 Å². The topological polar surface area (TPSA) is 80.0 Å². The first kappa shape index (κ1) is 23.2. The molecular formula is C24H32ClFN4O2. The zero-order valence-electron chi connectivity index (χ0n) is 18.7. The van der Waals surface area contributed by atoms with Crippen LogP contribution in [0.3, 0.4) is 0 Å². The van der Waals surface area contributed by atoms with Crippen molar-refractivity contribution in [1.29, 1.82) is 0 Å². The van der Waals surface area contributed by atoms with Gasteiger partial charge >= 0.3 is 0 Å². The van der Waals surface area contributed by atoms with Gasteiger partial charge in [-0.2, -0.15) is 0 Å². The molecule has 2 N–H and O–H groups in total. The molecule has 4 rings (SSSR count). The Bertz CT molecular complexity index is 953. The molecule has 0 aliphatic heterocycles. The van der Waals surface area contributed by atoms with Gasteiger partial charge in [0.15, 0.2) is 0 Å². The van der Waals surface area contributed by atoms with E-state index in [0.717, 1.165) is 43.3 Å². The van der Waals surface area contributed by atoms with E-state index in [2.05, 4.69) is 33.9 Å². The predicted molar refractivity (Wildman–Crippen MR) is 122 cm³/mol. The monoisotopic (exact) mass is 462 g/mol. The molecule has 0 radical (unpaired) electrons. The van der Waals surface area contributed by atoms with Crippen LogP contribution >= 0.6 is 11.6 Å². The van der Waals surface area contributed by atoms with Crippen molar-refractivity contribution >= 4 is 23.2 Å². The zero-order chi connectivity index (χ0) is 22.8. The molecular weight excluding hydrogens is 431 g/mol. The highest BCUT2D eigenvalue weighted by Gasteiger charge is 2.39. The predicted octanol–water partition coefficient (Wildman–Crippen LogP) is 5.44. The van der Waals surface area contributed by atoms with E-state index in [9.17, 15) is 14.3 Å². The molecule has 2 aromatic rings. The number of aliphatic hydroxyl groups is 1. The van der Waals surface area contributed by atoms with Crippen LogP contribution in [-0.2, 0) is 4.79 Å². The fourth-order valence-electron chi connectivity index (χ4n) is 4.88. The van der Waals surface area contributed by atoms with Crippen LogP contribution in [0.1, 0.15) is 88.3 Å². The highest BCUT2D eigenvalue weighted by molar-refractivity contribution is 6.33.